The lowest BCUT2D eigenvalue weighted by Gasteiger charge is -2.26. The minimum atomic E-state index is -0.994. The van der Waals surface area contributed by atoms with Crippen LogP contribution >= 0.6 is 0 Å². The van der Waals surface area contributed by atoms with Crippen LogP contribution in [-0.2, 0) is 20.7 Å². The van der Waals surface area contributed by atoms with Crippen molar-refractivity contribution in [3.63, 3.8) is 0 Å². The van der Waals surface area contributed by atoms with Gasteiger partial charge in [0.2, 0.25) is 5.91 Å². The van der Waals surface area contributed by atoms with E-state index in [-0.39, 0.29) is 11.8 Å². The van der Waals surface area contributed by atoms with Crippen molar-refractivity contribution in [3.05, 3.63) is 48.4 Å². The van der Waals surface area contributed by atoms with Gasteiger partial charge in [-0.05, 0) is 67.0 Å². The largest absolute Gasteiger partial charge is 0.611 e. The molecule has 6 nitrogen and oxygen atoms in total. The lowest BCUT2D eigenvalue weighted by Crippen LogP contribution is -2.26. The molecule has 2 atom stereocenters. The first-order valence-corrected chi connectivity index (χ1v) is 10.6. The van der Waals surface area contributed by atoms with Crippen LogP contribution in [0.1, 0.15) is 37.7 Å². The number of nitrogens with zero attached hydrogens (tertiary/aromatic N) is 2. The van der Waals surface area contributed by atoms with Crippen molar-refractivity contribution in [2.75, 3.05) is 24.3 Å². The number of carbonyl (C=O) groups excluding carboxylic acids is 1. The van der Waals surface area contributed by atoms with Crippen molar-refractivity contribution in [3.8, 4) is 0 Å². The first-order chi connectivity index (χ1) is 13.2. The summed E-state index contributed by atoms with van der Waals surface area (Å²) in [6, 6.07) is 9.25. The molecule has 1 saturated heterocycles. The fourth-order valence-electron chi connectivity index (χ4n) is 3.31. The molecule has 1 aliphatic heterocycles. The number of anilines is 1. The van der Waals surface area contributed by atoms with Crippen LogP contribution in [0.4, 0.5) is 5.82 Å². The second-order valence-electron chi connectivity index (χ2n) is 6.63. The van der Waals surface area contributed by atoms with Gasteiger partial charge >= 0.3 is 0 Å². The minimum absolute atomic E-state index is 0.0791. The van der Waals surface area contributed by atoms with Gasteiger partial charge in [-0.25, -0.2) is 9.97 Å². The highest BCUT2D eigenvalue weighted by Crippen LogP contribution is 2.31. The molecule has 0 radical (unpaired) electrons. The molecule has 1 aliphatic rings. The van der Waals surface area contributed by atoms with Gasteiger partial charge < -0.3 is 14.6 Å². The van der Waals surface area contributed by atoms with E-state index in [1.165, 1.54) is 6.33 Å². The van der Waals surface area contributed by atoms with Gasteiger partial charge in [-0.2, -0.15) is 0 Å². The molecule has 144 valence electrons. The van der Waals surface area contributed by atoms with E-state index in [4.69, 9.17) is 4.74 Å². The fraction of sp³-hybridized carbons (Fsp3) is 0.450. The van der Waals surface area contributed by atoms with Crippen LogP contribution in [0.5, 0.6) is 0 Å². The summed E-state index contributed by atoms with van der Waals surface area (Å²) in [7, 11) is 0. The quantitative estimate of drug-likeness (QED) is 0.738. The zero-order chi connectivity index (χ0) is 19.1. The van der Waals surface area contributed by atoms with Crippen molar-refractivity contribution in [1.82, 2.24) is 9.97 Å². The minimum Gasteiger partial charge on any atom is -0.611 e. The van der Waals surface area contributed by atoms with Gasteiger partial charge in [-0.1, -0.05) is 12.1 Å². The van der Waals surface area contributed by atoms with Crippen molar-refractivity contribution >= 4 is 22.9 Å². The van der Waals surface area contributed by atoms with E-state index in [1.54, 1.807) is 12.3 Å². The summed E-state index contributed by atoms with van der Waals surface area (Å²) in [6.07, 6.45) is 5.71. The third kappa shape index (κ3) is 5.51. The topological polar surface area (TPSA) is 87.2 Å². The Labute approximate surface area is 162 Å². The zero-order valence-electron chi connectivity index (χ0n) is 15.5. The SMILES string of the molecule is CC[S+]([O-])c1ccc([C@@H](CC2CCOCC2)C(=O)Nc2ccncn2)cc1. The Balaban J connectivity index is 1.78. The van der Waals surface area contributed by atoms with E-state index in [0.717, 1.165) is 42.9 Å². The summed E-state index contributed by atoms with van der Waals surface area (Å²) >= 11 is -0.994. The van der Waals surface area contributed by atoms with E-state index in [0.29, 0.717) is 17.5 Å². The van der Waals surface area contributed by atoms with Gasteiger partial charge in [-0.3, -0.25) is 4.79 Å². The molecule has 1 fully saturated rings. The maximum atomic E-state index is 13.0. The maximum absolute atomic E-state index is 13.0. The third-order valence-corrected chi connectivity index (χ3v) is 6.19. The zero-order valence-corrected chi connectivity index (χ0v) is 16.3. The van der Waals surface area contributed by atoms with Gasteiger partial charge in [0.15, 0.2) is 4.90 Å². The average molecular weight is 388 g/mol. The molecule has 1 N–H and O–H groups in total. The lowest BCUT2D eigenvalue weighted by molar-refractivity contribution is -0.118. The van der Waals surface area contributed by atoms with Gasteiger partial charge in [0.25, 0.3) is 0 Å². The lowest BCUT2D eigenvalue weighted by atomic mass is 9.84. The van der Waals surface area contributed by atoms with Crippen molar-refractivity contribution in [1.29, 1.82) is 0 Å². The first kappa shape index (κ1) is 19.8. The number of amides is 1. The Kier molecular flexibility index (Phi) is 7.20. The molecule has 0 aliphatic carbocycles. The Morgan fingerprint density at radius 3 is 2.67 bits per heavy atom. The van der Waals surface area contributed by atoms with Crippen molar-refractivity contribution in [2.24, 2.45) is 5.92 Å². The summed E-state index contributed by atoms with van der Waals surface area (Å²) in [5.74, 6) is 1.16. The summed E-state index contributed by atoms with van der Waals surface area (Å²) in [5, 5.41) is 2.90. The Bertz CT molecular complexity index is 721. The number of nitrogens with one attached hydrogen (secondary N) is 1. The molecule has 1 unspecified atom stereocenters. The van der Waals surface area contributed by atoms with Crippen LogP contribution < -0.4 is 5.32 Å². The highest BCUT2D eigenvalue weighted by Gasteiger charge is 2.27. The molecule has 2 heterocycles. The summed E-state index contributed by atoms with van der Waals surface area (Å²) in [6.45, 7) is 3.39. The number of benzene rings is 1. The Hall–Kier alpha value is -1.96. The van der Waals surface area contributed by atoms with Gasteiger partial charge in [0.1, 0.15) is 17.9 Å². The monoisotopic (exact) mass is 387 g/mol. The maximum Gasteiger partial charge on any atom is 0.233 e. The molecule has 0 bridgehead atoms. The standard InChI is InChI=1S/C20H25N3O3S/c1-2-27(25)17-5-3-16(4-6-17)18(13-15-8-11-26-12-9-15)20(24)23-19-7-10-21-14-22-19/h3-7,10,14-15,18H,2,8-9,11-13H2,1H3,(H,21,22,23,24)/t18-,27?/m1/s1. The van der Waals surface area contributed by atoms with Crippen LogP contribution in [-0.4, -0.2) is 39.4 Å². The van der Waals surface area contributed by atoms with Crippen LogP contribution in [0, 0.1) is 5.92 Å². The van der Waals surface area contributed by atoms with Crippen LogP contribution in [0.2, 0.25) is 0 Å². The highest BCUT2D eigenvalue weighted by atomic mass is 32.2. The van der Waals surface area contributed by atoms with Crippen molar-refractivity contribution in [2.45, 2.75) is 37.0 Å². The molecule has 0 saturated carbocycles. The van der Waals surface area contributed by atoms with Gasteiger partial charge in [0, 0.05) is 19.4 Å². The number of aromatic nitrogens is 2. The Morgan fingerprint density at radius 1 is 1.30 bits per heavy atom. The molecular weight excluding hydrogens is 362 g/mol. The van der Waals surface area contributed by atoms with Crippen LogP contribution in [0.15, 0.2) is 47.8 Å². The number of hydrogen-bond acceptors (Lipinski definition) is 5. The number of ether oxygens (including phenoxy) is 1. The smallest absolute Gasteiger partial charge is 0.233 e. The van der Waals surface area contributed by atoms with Gasteiger partial charge in [0.05, 0.1) is 5.92 Å². The van der Waals surface area contributed by atoms with E-state index >= 15 is 0 Å². The number of carbonyl (C=O) groups is 1. The molecule has 1 aromatic carbocycles. The molecular formula is C20H25N3O3S. The predicted octanol–water partition coefficient (Wildman–Crippen LogP) is 3.14. The summed E-state index contributed by atoms with van der Waals surface area (Å²) < 4.78 is 17.4. The normalized spacial score (nSPS) is 17.3. The molecule has 2 aromatic rings. The molecule has 1 aromatic heterocycles. The van der Waals surface area contributed by atoms with Gasteiger partial charge in [-0.15, -0.1) is 0 Å². The Morgan fingerprint density at radius 2 is 2.04 bits per heavy atom. The molecule has 3 rings (SSSR count). The number of hydrogen-bond donors (Lipinski definition) is 1. The third-order valence-electron chi connectivity index (χ3n) is 4.87. The first-order valence-electron chi connectivity index (χ1n) is 9.30. The van der Waals surface area contributed by atoms with Crippen molar-refractivity contribution < 1.29 is 14.1 Å². The number of rotatable bonds is 7. The second kappa shape index (κ2) is 9.82. The van der Waals surface area contributed by atoms with E-state index < -0.39 is 11.2 Å². The second-order valence-corrected chi connectivity index (χ2v) is 8.37. The fourth-order valence-corrected chi connectivity index (χ4v) is 4.08. The van der Waals surface area contributed by atoms with Crippen LogP contribution in [0.25, 0.3) is 0 Å². The van der Waals surface area contributed by atoms with E-state index in [1.807, 2.05) is 31.2 Å². The molecule has 0 spiro atoms. The van der Waals surface area contributed by atoms with Crippen LogP contribution in [0.3, 0.4) is 0 Å². The summed E-state index contributed by atoms with van der Waals surface area (Å²) in [5.41, 5.74) is 0.935. The summed E-state index contributed by atoms with van der Waals surface area (Å²) in [4.78, 5) is 21.8. The molecule has 1 amide bonds. The van der Waals surface area contributed by atoms with E-state index in [9.17, 15) is 9.35 Å². The molecule has 7 heteroatoms. The average Bonchev–Trinajstić information content (AvgIpc) is 2.73. The predicted molar refractivity (Wildman–Crippen MR) is 105 cm³/mol. The van der Waals surface area contributed by atoms with E-state index in [2.05, 4.69) is 15.3 Å². The highest BCUT2D eigenvalue weighted by molar-refractivity contribution is 7.91. The molecule has 27 heavy (non-hydrogen) atoms.